The second-order valence-corrected chi connectivity index (χ2v) is 6.22. The first-order valence-corrected chi connectivity index (χ1v) is 8.98. The summed E-state index contributed by atoms with van der Waals surface area (Å²) in [5, 5.41) is 11.0. The molecule has 0 atom stereocenters. The predicted molar refractivity (Wildman–Crippen MR) is 100 cm³/mol. The number of carbonyl (C=O) groups is 1. The van der Waals surface area contributed by atoms with E-state index in [9.17, 15) is 14.9 Å². The molecule has 0 unspecified atom stereocenters. The summed E-state index contributed by atoms with van der Waals surface area (Å²) in [7, 11) is 0. The highest BCUT2D eigenvalue weighted by molar-refractivity contribution is 5.95. The van der Waals surface area contributed by atoms with E-state index in [0.717, 1.165) is 16.9 Å². The van der Waals surface area contributed by atoms with E-state index in [-0.39, 0.29) is 11.6 Å². The molecule has 7 nitrogen and oxygen atoms in total. The number of fused-ring (bicyclic) bond motifs is 1. The van der Waals surface area contributed by atoms with Crippen LogP contribution in [0.2, 0.25) is 0 Å². The summed E-state index contributed by atoms with van der Waals surface area (Å²) in [5.74, 6) is 1.18. The number of carbonyl (C=O) groups excluding carboxylic acids is 1. The average molecular weight is 370 g/mol. The Balaban J connectivity index is 1.85. The fraction of sp³-hybridized carbons (Fsp3) is 0.350. The van der Waals surface area contributed by atoms with Gasteiger partial charge in [-0.2, -0.15) is 0 Å². The molecule has 7 heteroatoms. The summed E-state index contributed by atoms with van der Waals surface area (Å²) >= 11 is 0. The minimum absolute atomic E-state index is 0.0850. The van der Waals surface area contributed by atoms with E-state index in [1.165, 1.54) is 18.2 Å². The zero-order chi connectivity index (χ0) is 19.4. The molecule has 1 amide bonds. The quantitative estimate of drug-likeness (QED) is 0.573. The molecule has 27 heavy (non-hydrogen) atoms. The second-order valence-electron chi connectivity index (χ2n) is 6.22. The third kappa shape index (κ3) is 4.02. The van der Waals surface area contributed by atoms with Crippen LogP contribution in [-0.2, 0) is 13.0 Å². The number of hydrogen-bond donors (Lipinski definition) is 0. The summed E-state index contributed by atoms with van der Waals surface area (Å²) < 4.78 is 11.3. The maximum atomic E-state index is 12.8. The molecule has 0 fully saturated rings. The van der Waals surface area contributed by atoms with Crippen LogP contribution in [0.4, 0.5) is 5.69 Å². The van der Waals surface area contributed by atoms with Gasteiger partial charge in [0, 0.05) is 30.8 Å². The molecule has 1 aliphatic rings. The largest absolute Gasteiger partial charge is 0.490 e. The average Bonchev–Trinajstić information content (AvgIpc) is 2.68. The van der Waals surface area contributed by atoms with E-state index in [0.29, 0.717) is 44.0 Å². The monoisotopic (exact) mass is 370 g/mol. The molecule has 3 rings (SSSR count). The lowest BCUT2D eigenvalue weighted by Crippen LogP contribution is -2.36. The molecule has 1 aliphatic heterocycles. The van der Waals surface area contributed by atoms with Crippen LogP contribution in [0.1, 0.15) is 35.3 Å². The van der Waals surface area contributed by atoms with E-state index in [1.54, 1.807) is 11.0 Å². The standard InChI is InChI=1S/C20H22N2O5/c1-3-26-18-11-14-8-9-21(13-16(14)12-19(18)27-4-2)20(23)15-6-5-7-17(10-15)22(24)25/h5-7,10-12H,3-4,8-9,13H2,1-2H3. The van der Waals surface area contributed by atoms with Crippen LogP contribution < -0.4 is 9.47 Å². The Morgan fingerprint density at radius 3 is 2.41 bits per heavy atom. The number of rotatable bonds is 6. The molecular formula is C20H22N2O5. The smallest absolute Gasteiger partial charge is 0.270 e. The van der Waals surface area contributed by atoms with Crippen molar-refractivity contribution in [3.8, 4) is 11.5 Å². The van der Waals surface area contributed by atoms with Crippen molar-refractivity contribution in [3.05, 3.63) is 63.2 Å². The number of nitro benzene ring substituents is 1. The highest BCUT2D eigenvalue weighted by atomic mass is 16.6. The van der Waals surface area contributed by atoms with E-state index in [4.69, 9.17) is 9.47 Å². The van der Waals surface area contributed by atoms with Gasteiger partial charge in [-0.1, -0.05) is 6.07 Å². The molecule has 142 valence electrons. The first-order chi connectivity index (χ1) is 13.0. The number of hydrogen-bond acceptors (Lipinski definition) is 5. The third-order valence-electron chi connectivity index (χ3n) is 4.47. The van der Waals surface area contributed by atoms with Gasteiger partial charge in [0.2, 0.25) is 0 Å². The number of nitrogens with zero attached hydrogens (tertiary/aromatic N) is 2. The number of ether oxygens (including phenoxy) is 2. The Bertz CT molecular complexity index is 865. The predicted octanol–water partition coefficient (Wildman–Crippen LogP) is 3.59. The maximum absolute atomic E-state index is 12.8. The van der Waals surface area contributed by atoms with Crippen LogP contribution in [0, 0.1) is 10.1 Å². The van der Waals surface area contributed by atoms with Crippen LogP contribution >= 0.6 is 0 Å². The molecule has 0 bridgehead atoms. The van der Waals surface area contributed by atoms with Crippen LogP contribution in [0.5, 0.6) is 11.5 Å². The van der Waals surface area contributed by atoms with Gasteiger partial charge in [-0.15, -0.1) is 0 Å². The lowest BCUT2D eigenvalue weighted by Gasteiger charge is -2.30. The normalized spacial score (nSPS) is 13.0. The van der Waals surface area contributed by atoms with E-state index in [2.05, 4.69) is 0 Å². The first kappa shape index (κ1) is 18.7. The summed E-state index contributed by atoms with van der Waals surface area (Å²) in [6.45, 7) is 5.89. The molecule has 2 aromatic rings. The molecular weight excluding hydrogens is 348 g/mol. The highest BCUT2D eigenvalue weighted by Crippen LogP contribution is 2.34. The number of amides is 1. The molecule has 0 aliphatic carbocycles. The van der Waals surface area contributed by atoms with E-state index >= 15 is 0 Å². The lowest BCUT2D eigenvalue weighted by atomic mass is 9.98. The van der Waals surface area contributed by atoms with Gasteiger partial charge in [-0.05, 0) is 49.6 Å². The molecule has 0 spiro atoms. The van der Waals surface area contributed by atoms with E-state index < -0.39 is 4.92 Å². The molecule has 1 heterocycles. The third-order valence-corrected chi connectivity index (χ3v) is 4.47. The fourth-order valence-corrected chi connectivity index (χ4v) is 3.21. The fourth-order valence-electron chi connectivity index (χ4n) is 3.21. The van der Waals surface area contributed by atoms with Gasteiger partial charge in [0.15, 0.2) is 11.5 Å². The van der Waals surface area contributed by atoms with Gasteiger partial charge >= 0.3 is 0 Å². The zero-order valence-corrected chi connectivity index (χ0v) is 15.4. The van der Waals surface area contributed by atoms with Gasteiger partial charge in [0.1, 0.15) is 0 Å². The second kappa shape index (κ2) is 8.07. The van der Waals surface area contributed by atoms with Gasteiger partial charge in [-0.3, -0.25) is 14.9 Å². The number of benzene rings is 2. The Labute approximate surface area is 157 Å². The Morgan fingerprint density at radius 2 is 1.78 bits per heavy atom. The minimum atomic E-state index is -0.494. The van der Waals surface area contributed by atoms with Crippen LogP contribution in [0.25, 0.3) is 0 Å². The molecule has 0 saturated heterocycles. The summed E-state index contributed by atoms with van der Waals surface area (Å²) in [6, 6.07) is 9.75. The van der Waals surface area contributed by atoms with Crippen LogP contribution in [-0.4, -0.2) is 35.5 Å². The topological polar surface area (TPSA) is 81.9 Å². The number of non-ortho nitro benzene ring substituents is 1. The maximum Gasteiger partial charge on any atom is 0.270 e. The Morgan fingerprint density at radius 1 is 1.11 bits per heavy atom. The molecule has 0 N–H and O–H groups in total. The summed E-state index contributed by atoms with van der Waals surface area (Å²) in [6.07, 6.45) is 0.697. The number of nitro groups is 1. The summed E-state index contributed by atoms with van der Waals surface area (Å²) in [5.41, 5.74) is 2.37. The Hall–Kier alpha value is -3.09. The van der Waals surface area contributed by atoms with Crippen molar-refractivity contribution >= 4 is 11.6 Å². The molecule has 0 aromatic heterocycles. The molecule has 2 aromatic carbocycles. The van der Waals surface area contributed by atoms with Crippen LogP contribution in [0.15, 0.2) is 36.4 Å². The SMILES string of the molecule is CCOc1cc2c(cc1OCC)CN(C(=O)c1cccc([N+](=O)[O-])c1)CC2. The molecule has 0 radical (unpaired) electrons. The highest BCUT2D eigenvalue weighted by Gasteiger charge is 2.24. The lowest BCUT2D eigenvalue weighted by molar-refractivity contribution is -0.384. The van der Waals surface area contributed by atoms with Crippen LogP contribution in [0.3, 0.4) is 0 Å². The molecule has 0 saturated carbocycles. The van der Waals surface area contributed by atoms with Crippen molar-refractivity contribution in [1.29, 1.82) is 0 Å². The van der Waals surface area contributed by atoms with Crippen molar-refractivity contribution in [2.75, 3.05) is 19.8 Å². The first-order valence-electron chi connectivity index (χ1n) is 8.98. The van der Waals surface area contributed by atoms with Gasteiger partial charge in [0.25, 0.3) is 11.6 Å². The Kier molecular flexibility index (Phi) is 5.59. The van der Waals surface area contributed by atoms with Crippen molar-refractivity contribution in [2.45, 2.75) is 26.8 Å². The zero-order valence-electron chi connectivity index (χ0n) is 15.4. The van der Waals surface area contributed by atoms with Gasteiger partial charge < -0.3 is 14.4 Å². The van der Waals surface area contributed by atoms with Crippen molar-refractivity contribution in [1.82, 2.24) is 4.90 Å². The van der Waals surface area contributed by atoms with Crippen molar-refractivity contribution in [3.63, 3.8) is 0 Å². The van der Waals surface area contributed by atoms with Crippen molar-refractivity contribution in [2.24, 2.45) is 0 Å². The minimum Gasteiger partial charge on any atom is -0.490 e. The van der Waals surface area contributed by atoms with E-state index in [1.807, 2.05) is 26.0 Å². The summed E-state index contributed by atoms with van der Waals surface area (Å²) in [4.78, 5) is 25.0. The van der Waals surface area contributed by atoms with Gasteiger partial charge in [-0.25, -0.2) is 0 Å². The van der Waals surface area contributed by atoms with Gasteiger partial charge in [0.05, 0.1) is 18.1 Å². The van der Waals surface area contributed by atoms with Crippen molar-refractivity contribution < 1.29 is 19.2 Å².